The van der Waals surface area contributed by atoms with Gasteiger partial charge in [-0.2, -0.15) is 14.9 Å². The van der Waals surface area contributed by atoms with Gasteiger partial charge in [-0.25, -0.2) is 14.6 Å². The summed E-state index contributed by atoms with van der Waals surface area (Å²) in [6.45, 7) is 6.10. The van der Waals surface area contributed by atoms with Crippen LogP contribution in [0.5, 0.6) is 0 Å². The molecule has 1 aliphatic heterocycles. The van der Waals surface area contributed by atoms with E-state index in [4.69, 9.17) is 29.3 Å². The number of hydrogen-bond donors (Lipinski definition) is 1. The first-order valence-corrected chi connectivity index (χ1v) is 12.1. The molecule has 11 heteroatoms. The van der Waals surface area contributed by atoms with Gasteiger partial charge in [-0.1, -0.05) is 37.3 Å². The monoisotopic (exact) mass is 510 g/mol. The number of carbonyl (C=O) groups excluding carboxylic acids is 2. The topological polar surface area (TPSA) is 149 Å². The number of nitriles is 1. The summed E-state index contributed by atoms with van der Waals surface area (Å²) in [5.41, 5.74) is 5.37. The molecule has 1 aromatic carbocycles. The lowest BCUT2D eigenvalue weighted by Gasteiger charge is -2.13. The number of aromatic nitrogens is 6. The lowest BCUT2D eigenvalue weighted by Crippen LogP contribution is -2.20. The molecule has 0 spiro atoms. The zero-order chi connectivity index (χ0) is 26.9. The molecule has 38 heavy (non-hydrogen) atoms. The highest BCUT2D eigenvalue weighted by Gasteiger charge is 2.18. The average Bonchev–Trinajstić information content (AvgIpc) is 3.62. The normalized spacial score (nSPS) is 14.3. The third-order valence-electron chi connectivity index (χ3n) is 5.82. The highest BCUT2D eigenvalue weighted by Crippen LogP contribution is 2.25. The second-order valence-corrected chi connectivity index (χ2v) is 8.95. The van der Waals surface area contributed by atoms with Crippen LogP contribution in [0.25, 0.3) is 22.6 Å². The Morgan fingerprint density at radius 1 is 1.08 bits per heavy atom. The van der Waals surface area contributed by atoms with Gasteiger partial charge in [-0.15, -0.1) is 5.10 Å². The fourth-order valence-corrected chi connectivity index (χ4v) is 3.94. The number of hydrogen-bond acceptors (Lipinski definition) is 10. The molecule has 11 nitrogen and oxygen atoms in total. The zero-order valence-corrected chi connectivity index (χ0v) is 21.0. The second-order valence-electron chi connectivity index (χ2n) is 8.95. The standard InChI is InChI=1S/C26H26N8O.CO2/c1-17(2)22-8-4-7-20(28-22)14-34-15-25(32-33-34)24-12-23(19-6-3-5-18(11-19)13-27)30-26(31-24)29-21-9-10-35-16-21;2-1-3/h3-8,11-12,15,17,21H,9-10,14,16H2,1-2H3,(H,29,30,31);/t21-;/m0./s1. The van der Waals surface area contributed by atoms with Gasteiger partial charge in [0.1, 0.15) is 5.69 Å². The smallest absolute Gasteiger partial charge is 0.373 e. The van der Waals surface area contributed by atoms with Crippen LogP contribution in [0.3, 0.4) is 0 Å². The Morgan fingerprint density at radius 3 is 2.61 bits per heavy atom. The molecule has 3 aromatic heterocycles. The maximum Gasteiger partial charge on any atom is 0.373 e. The van der Waals surface area contributed by atoms with E-state index < -0.39 is 0 Å². The van der Waals surface area contributed by atoms with E-state index in [1.54, 1.807) is 10.7 Å². The fourth-order valence-electron chi connectivity index (χ4n) is 3.94. The van der Waals surface area contributed by atoms with Crippen LogP contribution in [-0.2, 0) is 20.9 Å². The van der Waals surface area contributed by atoms with Crippen molar-refractivity contribution in [1.82, 2.24) is 29.9 Å². The SMILES string of the molecule is CC(C)c1cccc(Cn2cc(-c3cc(-c4cccc(C#N)c4)nc(N[C@H]4CCOC4)n3)nn2)n1.O=C=O. The van der Waals surface area contributed by atoms with Gasteiger partial charge in [-0.3, -0.25) is 4.98 Å². The van der Waals surface area contributed by atoms with Gasteiger partial charge >= 0.3 is 6.15 Å². The van der Waals surface area contributed by atoms with E-state index >= 15 is 0 Å². The van der Waals surface area contributed by atoms with Gasteiger partial charge in [-0.05, 0) is 42.7 Å². The molecule has 4 aromatic rings. The molecule has 0 amide bonds. The summed E-state index contributed by atoms with van der Waals surface area (Å²) in [7, 11) is 0. The van der Waals surface area contributed by atoms with Crippen molar-refractivity contribution in [3.63, 3.8) is 0 Å². The van der Waals surface area contributed by atoms with E-state index in [1.807, 2.05) is 48.7 Å². The Morgan fingerprint density at radius 2 is 1.87 bits per heavy atom. The van der Waals surface area contributed by atoms with Crippen LogP contribution in [0.15, 0.2) is 54.7 Å². The summed E-state index contributed by atoms with van der Waals surface area (Å²) in [5.74, 6) is 0.854. The van der Waals surface area contributed by atoms with Gasteiger partial charge in [0.05, 0.1) is 54.1 Å². The van der Waals surface area contributed by atoms with Crippen LogP contribution in [0.1, 0.15) is 43.1 Å². The molecule has 0 aliphatic carbocycles. The Hall–Kier alpha value is -4.78. The van der Waals surface area contributed by atoms with E-state index in [0.717, 1.165) is 30.0 Å². The number of rotatable bonds is 7. The maximum atomic E-state index is 9.32. The summed E-state index contributed by atoms with van der Waals surface area (Å²) in [5, 5.41) is 21.4. The molecule has 192 valence electrons. The van der Waals surface area contributed by atoms with E-state index in [-0.39, 0.29) is 12.2 Å². The van der Waals surface area contributed by atoms with Crippen molar-refractivity contribution in [3.8, 4) is 28.7 Å². The van der Waals surface area contributed by atoms with E-state index in [2.05, 4.69) is 35.5 Å². The van der Waals surface area contributed by atoms with Crippen LogP contribution in [-0.4, -0.2) is 55.4 Å². The van der Waals surface area contributed by atoms with Crippen molar-refractivity contribution in [2.24, 2.45) is 0 Å². The summed E-state index contributed by atoms with van der Waals surface area (Å²) >= 11 is 0. The third-order valence-corrected chi connectivity index (χ3v) is 5.82. The number of ether oxygens (including phenoxy) is 1. The quantitative estimate of drug-likeness (QED) is 0.392. The number of anilines is 1. The Bertz CT molecular complexity index is 1470. The van der Waals surface area contributed by atoms with Crippen LogP contribution < -0.4 is 5.32 Å². The largest absolute Gasteiger partial charge is 0.379 e. The zero-order valence-electron chi connectivity index (χ0n) is 21.0. The first kappa shape index (κ1) is 26.3. The van der Waals surface area contributed by atoms with Crippen LogP contribution in [0, 0.1) is 11.3 Å². The number of pyridine rings is 1. The van der Waals surface area contributed by atoms with E-state index in [0.29, 0.717) is 47.7 Å². The predicted octanol–water partition coefficient (Wildman–Crippen LogP) is 3.46. The van der Waals surface area contributed by atoms with E-state index in [9.17, 15) is 5.26 Å². The molecule has 4 heterocycles. The molecule has 0 saturated carbocycles. The molecule has 0 bridgehead atoms. The summed E-state index contributed by atoms with van der Waals surface area (Å²) in [4.78, 5) is 30.4. The number of benzene rings is 1. The molecule has 1 aliphatic rings. The van der Waals surface area contributed by atoms with Crippen molar-refractivity contribution in [2.75, 3.05) is 18.5 Å². The molecule has 5 rings (SSSR count). The summed E-state index contributed by atoms with van der Waals surface area (Å²) in [6, 6.07) is 17.6. The first-order valence-electron chi connectivity index (χ1n) is 12.1. The second kappa shape index (κ2) is 12.5. The maximum absolute atomic E-state index is 9.32. The molecule has 1 saturated heterocycles. The molecular formula is C27H26N8O3. The average molecular weight is 511 g/mol. The minimum atomic E-state index is 0.151. The summed E-state index contributed by atoms with van der Waals surface area (Å²) in [6.07, 6.45) is 3.01. The third kappa shape index (κ3) is 6.70. The molecule has 1 atom stereocenters. The van der Waals surface area contributed by atoms with Gasteiger partial charge < -0.3 is 10.1 Å². The minimum absolute atomic E-state index is 0.151. The van der Waals surface area contributed by atoms with Gasteiger partial charge in [0.25, 0.3) is 0 Å². The summed E-state index contributed by atoms with van der Waals surface area (Å²) < 4.78 is 7.25. The Kier molecular flexibility index (Phi) is 8.61. The molecular weight excluding hydrogens is 484 g/mol. The highest BCUT2D eigenvalue weighted by atomic mass is 16.5. The van der Waals surface area contributed by atoms with Crippen molar-refractivity contribution >= 4 is 12.1 Å². The predicted molar refractivity (Wildman–Crippen MR) is 136 cm³/mol. The van der Waals surface area contributed by atoms with Crippen LogP contribution in [0.4, 0.5) is 5.95 Å². The molecule has 0 radical (unpaired) electrons. The number of nitrogens with one attached hydrogen (secondary N) is 1. The fraction of sp³-hybridized carbons (Fsp3) is 0.296. The lowest BCUT2D eigenvalue weighted by molar-refractivity contribution is -0.191. The highest BCUT2D eigenvalue weighted by molar-refractivity contribution is 5.68. The minimum Gasteiger partial charge on any atom is -0.379 e. The van der Waals surface area contributed by atoms with Crippen molar-refractivity contribution in [3.05, 3.63) is 71.7 Å². The van der Waals surface area contributed by atoms with E-state index in [1.165, 1.54) is 0 Å². The lowest BCUT2D eigenvalue weighted by atomic mass is 10.1. The first-order chi connectivity index (χ1) is 18.5. The van der Waals surface area contributed by atoms with Crippen molar-refractivity contribution in [2.45, 2.75) is 38.8 Å². The van der Waals surface area contributed by atoms with Crippen molar-refractivity contribution in [1.29, 1.82) is 5.26 Å². The van der Waals surface area contributed by atoms with Crippen LogP contribution >= 0.6 is 0 Å². The van der Waals surface area contributed by atoms with Gasteiger partial charge in [0.2, 0.25) is 5.95 Å². The van der Waals surface area contributed by atoms with Gasteiger partial charge in [0.15, 0.2) is 0 Å². The van der Waals surface area contributed by atoms with Crippen molar-refractivity contribution < 1.29 is 14.3 Å². The Labute approximate surface area is 219 Å². The molecule has 0 unspecified atom stereocenters. The van der Waals surface area contributed by atoms with Gasteiger partial charge in [0, 0.05) is 17.9 Å². The Balaban J connectivity index is 0.00000107. The number of nitrogens with zero attached hydrogens (tertiary/aromatic N) is 7. The molecule has 1 N–H and O–H groups in total. The molecule has 1 fully saturated rings. The van der Waals surface area contributed by atoms with Crippen LogP contribution in [0.2, 0.25) is 0 Å².